The van der Waals surface area contributed by atoms with Crippen molar-refractivity contribution in [1.29, 1.82) is 0 Å². The highest BCUT2D eigenvalue weighted by atomic mass is 35.5. The molecular formula is C19H25ClN2O2S. The van der Waals surface area contributed by atoms with Crippen LogP contribution in [-0.4, -0.2) is 43.2 Å². The molecule has 1 atom stereocenters. The molecular weight excluding hydrogens is 356 g/mol. The standard InChI is InChI=1S/C19H24N2O2S.ClH/c1-15-7-8-17(24-15)14-21(11-9-16-5-3-2-4-6-16)19(22)18-13-20-10-12-23-18;/h2-8,18,20H,9-14H2,1H3;1H. The summed E-state index contributed by atoms with van der Waals surface area (Å²) < 4.78 is 5.67. The van der Waals surface area contributed by atoms with Gasteiger partial charge in [0, 0.05) is 29.4 Å². The normalized spacial score (nSPS) is 16.9. The van der Waals surface area contributed by atoms with Gasteiger partial charge in [-0.2, -0.15) is 0 Å². The smallest absolute Gasteiger partial charge is 0.253 e. The first-order valence-corrected chi connectivity index (χ1v) is 9.24. The van der Waals surface area contributed by atoms with Crippen LogP contribution in [0.15, 0.2) is 42.5 Å². The van der Waals surface area contributed by atoms with E-state index in [1.165, 1.54) is 15.3 Å². The van der Waals surface area contributed by atoms with E-state index in [1.54, 1.807) is 11.3 Å². The summed E-state index contributed by atoms with van der Waals surface area (Å²) in [7, 11) is 0. The van der Waals surface area contributed by atoms with Gasteiger partial charge in [-0.1, -0.05) is 30.3 Å². The Balaban J connectivity index is 0.00000225. The first-order chi connectivity index (χ1) is 11.7. The third-order valence-corrected chi connectivity index (χ3v) is 5.16. The molecule has 1 unspecified atom stereocenters. The molecule has 1 saturated heterocycles. The lowest BCUT2D eigenvalue weighted by Crippen LogP contribution is -2.49. The summed E-state index contributed by atoms with van der Waals surface area (Å²) in [5, 5.41) is 3.24. The fourth-order valence-electron chi connectivity index (χ4n) is 2.86. The molecule has 6 heteroatoms. The van der Waals surface area contributed by atoms with Crippen molar-refractivity contribution in [3.63, 3.8) is 0 Å². The highest BCUT2D eigenvalue weighted by molar-refractivity contribution is 7.11. The Hall–Kier alpha value is -1.40. The van der Waals surface area contributed by atoms with Crippen LogP contribution in [0.3, 0.4) is 0 Å². The predicted molar refractivity (Wildman–Crippen MR) is 104 cm³/mol. The number of benzene rings is 1. The van der Waals surface area contributed by atoms with Crippen LogP contribution >= 0.6 is 23.7 Å². The molecule has 1 aromatic carbocycles. The van der Waals surface area contributed by atoms with Crippen molar-refractivity contribution in [2.75, 3.05) is 26.2 Å². The number of morpholine rings is 1. The number of nitrogens with zero attached hydrogens (tertiary/aromatic N) is 1. The summed E-state index contributed by atoms with van der Waals surface area (Å²) in [6.07, 6.45) is 0.493. The Morgan fingerprint density at radius 1 is 1.28 bits per heavy atom. The lowest BCUT2D eigenvalue weighted by atomic mass is 10.1. The minimum atomic E-state index is -0.365. The molecule has 136 valence electrons. The zero-order valence-electron chi connectivity index (χ0n) is 14.4. The van der Waals surface area contributed by atoms with Crippen LogP contribution in [0.5, 0.6) is 0 Å². The first-order valence-electron chi connectivity index (χ1n) is 8.43. The summed E-state index contributed by atoms with van der Waals surface area (Å²) in [6, 6.07) is 14.5. The molecule has 1 N–H and O–H groups in total. The van der Waals surface area contributed by atoms with Crippen LogP contribution in [0.4, 0.5) is 0 Å². The summed E-state index contributed by atoms with van der Waals surface area (Å²) >= 11 is 1.75. The van der Waals surface area contributed by atoms with Crippen LogP contribution in [0, 0.1) is 6.92 Å². The lowest BCUT2D eigenvalue weighted by molar-refractivity contribution is -0.145. The molecule has 2 heterocycles. The number of halogens is 1. The Kier molecular flexibility index (Phi) is 7.90. The third-order valence-electron chi connectivity index (χ3n) is 4.17. The van der Waals surface area contributed by atoms with Crippen molar-refractivity contribution < 1.29 is 9.53 Å². The minimum absolute atomic E-state index is 0. The number of carbonyl (C=O) groups excluding carboxylic acids is 1. The Bertz CT molecular complexity index is 656. The molecule has 0 radical (unpaired) electrons. The maximum Gasteiger partial charge on any atom is 0.253 e. The molecule has 0 bridgehead atoms. The molecule has 1 aromatic heterocycles. The number of carbonyl (C=O) groups is 1. The number of rotatable bonds is 6. The predicted octanol–water partition coefficient (Wildman–Crippen LogP) is 3.04. The van der Waals surface area contributed by atoms with Crippen molar-refractivity contribution in [3.05, 3.63) is 57.8 Å². The van der Waals surface area contributed by atoms with Gasteiger partial charge in [-0.05, 0) is 31.0 Å². The van der Waals surface area contributed by atoms with Crippen molar-refractivity contribution in [2.45, 2.75) is 26.0 Å². The highest BCUT2D eigenvalue weighted by Crippen LogP contribution is 2.18. The van der Waals surface area contributed by atoms with Crippen molar-refractivity contribution in [1.82, 2.24) is 10.2 Å². The average molecular weight is 381 g/mol. The highest BCUT2D eigenvalue weighted by Gasteiger charge is 2.27. The van der Waals surface area contributed by atoms with E-state index < -0.39 is 0 Å². The van der Waals surface area contributed by atoms with Crippen molar-refractivity contribution >= 4 is 29.7 Å². The molecule has 2 aromatic rings. The van der Waals surface area contributed by atoms with Crippen LogP contribution < -0.4 is 5.32 Å². The number of thiophene rings is 1. The van der Waals surface area contributed by atoms with Crippen LogP contribution in [-0.2, 0) is 22.5 Å². The molecule has 1 aliphatic heterocycles. The van der Waals surface area contributed by atoms with E-state index in [4.69, 9.17) is 4.74 Å². The zero-order valence-corrected chi connectivity index (χ0v) is 16.1. The average Bonchev–Trinajstić information content (AvgIpc) is 3.04. The van der Waals surface area contributed by atoms with Gasteiger partial charge in [-0.25, -0.2) is 0 Å². The van der Waals surface area contributed by atoms with Gasteiger partial charge in [-0.3, -0.25) is 4.79 Å². The number of aryl methyl sites for hydroxylation is 1. The SMILES string of the molecule is Cc1ccc(CN(CCc2ccccc2)C(=O)C2CNCCO2)s1.Cl. The number of nitrogens with one attached hydrogen (secondary N) is 1. The molecule has 1 fully saturated rings. The second-order valence-corrected chi connectivity index (χ2v) is 7.44. The topological polar surface area (TPSA) is 41.6 Å². The van der Waals surface area contributed by atoms with Crippen molar-refractivity contribution in [2.24, 2.45) is 0 Å². The summed E-state index contributed by atoms with van der Waals surface area (Å²) in [5.74, 6) is 0.0872. The van der Waals surface area contributed by atoms with Gasteiger partial charge in [0.05, 0.1) is 13.2 Å². The number of amides is 1. The third kappa shape index (κ3) is 5.82. The largest absolute Gasteiger partial charge is 0.366 e. The molecule has 0 aliphatic carbocycles. The fourth-order valence-corrected chi connectivity index (χ4v) is 3.77. The number of ether oxygens (including phenoxy) is 1. The van der Waals surface area contributed by atoms with Gasteiger partial charge >= 0.3 is 0 Å². The van der Waals surface area contributed by atoms with Gasteiger partial charge in [0.15, 0.2) is 0 Å². The molecule has 1 amide bonds. The monoisotopic (exact) mass is 380 g/mol. The summed E-state index contributed by atoms with van der Waals surface area (Å²) in [5.41, 5.74) is 1.25. The van der Waals surface area contributed by atoms with E-state index in [-0.39, 0.29) is 24.4 Å². The Labute approximate surface area is 159 Å². The molecule has 4 nitrogen and oxygen atoms in total. The van der Waals surface area contributed by atoms with E-state index in [0.29, 0.717) is 26.2 Å². The fraction of sp³-hybridized carbons (Fsp3) is 0.421. The lowest BCUT2D eigenvalue weighted by Gasteiger charge is -2.29. The van der Waals surface area contributed by atoms with E-state index in [1.807, 2.05) is 23.1 Å². The minimum Gasteiger partial charge on any atom is -0.366 e. The number of hydrogen-bond donors (Lipinski definition) is 1. The molecule has 0 saturated carbocycles. The first kappa shape index (κ1) is 19.9. The van der Waals surface area contributed by atoms with E-state index in [9.17, 15) is 4.79 Å². The summed E-state index contributed by atoms with van der Waals surface area (Å²) in [6.45, 7) is 5.48. The van der Waals surface area contributed by atoms with Gasteiger partial charge in [0.2, 0.25) is 0 Å². The van der Waals surface area contributed by atoms with Crippen molar-refractivity contribution in [3.8, 4) is 0 Å². The second-order valence-electron chi connectivity index (χ2n) is 6.07. The van der Waals surface area contributed by atoms with Crippen LogP contribution in [0.25, 0.3) is 0 Å². The molecule has 25 heavy (non-hydrogen) atoms. The molecule has 3 rings (SSSR count). The quantitative estimate of drug-likeness (QED) is 0.837. The molecule has 0 spiro atoms. The van der Waals surface area contributed by atoms with Gasteiger partial charge in [0.1, 0.15) is 6.10 Å². The molecule has 1 aliphatic rings. The van der Waals surface area contributed by atoms with Gasteiger partial charge < -0.3 is 15.0 Å². The summed E-state index contributed by atoms with van der Waals surface area (Å²) in [4.78, 5) is 17.3. The van der Waals surface area contributed by atoms with Crippen LogP contribution in [0.1, 0.15) is 15.3 Å². The van der Waals surface area contributed by atoms with E-state index in [2.05, 4.69) is 36.5 Å². The van der Waals surface area contributed by atoms with Gasteiger partial charge in [0.25, 0.3) is 5.91 Å². The maximum atomic E-state index is 12.9. The second kappa shape index (κ2) is 9.92. The zero-order chi connectivity index (χ0) is 16.8. The Morgan fingerprint density at radius 2 is 2.08 bits per heavy atom. The van der Waals surface area contributed by atoms with E-state index in [0.717, 1.165) is 13.0 Å². The van der Waals surface area contributed by atoms with Crippen LogP contribution in [0.2, 0.25) is 0 Å². The van der Waals surface area contributed by atoms with E-state index >= 15 is 0 Å². The maximum absolute atomic E-state index is 12.9. The Morgan fingerprint density at radius 3 is 2.72 bits per heavy atom. The number of hydrogen-bond acceptors (Lipinski definition) is 4. The van der Waals surface area contributed by atoms with Gasteiger partial charge in [-0.15, -0.1) is 23.7 Å².